The highest BCUT2D eigenvalue weighted by atomic mass is 15.2. The smallest absolute Gasteiger partial charge is 0.0331 e. The van der Waals surface area contributed by atoms with E-state index in [2.05, 4.69) is 39.5 Å². The van der Waals surface area contributed by atoms with E-state index in [0.29, 0.717) is 5.54 Å². The van der Waals surface area contributed by atoms with Crippen LogP contribution in [-0.2, 0) is 0 Å². The lowest BCUT2D eigenvalue weighted by molar-refractivity contribution is 0.0372. The van der Waals surface area contributed by atoms with E-state index in [-0.39, 0.29) is 0 Å². The van der Waals surface area contributed by atoms with Gasteiger partial charge in [0.15, 0.2) is 0 Å². The van der Waals surface area contributed by atoms with Gasteiger partial charge in [-0.25, -0.2) is 0 Å². The molecule has 0 aromatic carbocycles. The van der Waals surface area contributed by atoms with Crippen LogP contribution in [0.3, 0.4) is 0 Å². The van der Waals surface area contributed by atoms with Gasteiger partial charge in [0.2, 0.25) is 0 Å². The van der Waals surface area contributed by atoms with Crippen LogP contribution in [0.25, 0.3) is 0 Å². The predicted octanol–water partition coefficient (Wildman–Crippen LogP) is 4.29. The predicted molar refractivity (Wildman–Crippen MR) is 89.9 cm³/mol. The van der Waals surface area contributed by atoms with Crippen LogP contribution in [0, 0.1) is 17.8 Å². The summed E-state index contributed by atoms with van der Waals surface area (Å²) in [6, 6.07) is 0. The molecule has 1 aliphatic rings. The van der Waals surface area contributed by atoms with Gasteiger partial charge in [-0.1, -0.05) is 34.6 Å². The molecule has 0 saturated heterocycles. The lowest BCUT2D eigenvalue weighted by atomic mass is 9.75. The van der Waals surface area contributed by atoms with Crippen molar-refractivity contribution in [1.29, 1.82) is 0 Å². The van der Waals surface area contributed by atoms with Gasteiger partial charge in [0.25, 0.3) is 0 Å². The van der Waals surface area contributed by atoms with Crippen LogP contribution in [0.5, 0.6) is 0 Å². The summed E-state index contributed by atoms with van der Waals surface area (Å²) in [6.07, 6.45) is 7.93. The van der Waals surface area contributed by atoms with Crippen molar-refractivity contribution >= 4 is 0 Å². The molecule has 0 radical (unpaired) electrons. The SMILES string of the molecule is CC(C)CCN(CCC(C)C)C1(CN)CCC(C)CC1. The Morgan fingerprint density at radius 2 is 1.45 bits per heavy atom. The first-order valence-electron chi connectivity index (χ1n) is 8.84. The Kier molecular flexibility index (Phi) is 7.53. The molecule has 0 spiro atoms. The molecule has 2 nitrogen and oxygen atoms in total. The minimum absolute atomic E-state index is 0.302. The first-order chi connectivity index (χ1) is 9.39. The summed E-state index contributed by atoms with van der Waals surface area (Å²) in [5, 5.41) is 0. The van der Waals surface area contributed by atoms with Crippen LogP contribution in [0.15, 0.2) is 0 Å². The maximum Gasteiger partial charge on any atom is 0.0331 e. The monoisotopic (exact) mass is 282 g/mol. The average Bonchev–Trinajstić information content (AvgIpc) is 2.40. The number of hydrogen-bond acceptors (Lipinski definition) is 2. The molecule has 1 rings (SSSR count). The van der Waals surface area contributed by atoms with Crippen LogP contribution in [0.2, 0.25) is 0 Å². The van der Waals surface area contributed by atoms with Crippen molar-refractivity contribution in [3.63, 3.8) is 0 Å². The van der Waals surface area contributed by atoms with Crippen LogP contribution < -0.4 is 5.73 Å². The largest absolute Gasteiger partial charge is 0.329 e. The zero-order valence-corrected chi connectivity index (χ0v) is 14.6. The fraction of sp³-hybridized carbons (Fsp3) is 1.00. The maximum atomic E-state index is 6.26. The Bertz CT molecular complexity index is 240. The lowest BCUT2D eigenvalue weighted by Crippen LogP contribution is -2.56. The van der Waals surface area contributed by atoms with E-state index in [1.54, 1.807) is 0 Å². The Morgan fingerprint density at radius 3 is 1.80 bits per heavy atom. The molecule has 2 N–H and O–H groups in total. The highest BCUT2D eigenvalue weighted by Gasteiger charge is 2.37. The molecule has 0 atom stereocenters. The third kappa shape index (κ3) is 5.37. The average molecular weight is 283 g/mol. The molecule has 0 aromatic heterocycles. The van der Waals surface area contributed by atoms with Crippen LogP contribution >= 0.6 is 0 Å². The molecule has 0 heterocycles. The van der Waals surface area contributed by atoms with Crippen LogP contribution in [-0.4, -0.2) is 30.1 Å². The van der Waals surface area contributed by atoms with E-state index in [4.69, 9.17) is 5.73 Å². The van der Waals surface area contributed by atoms with Crippen molar-refractivity contribution in [1.82, 2.24) is 4.90 Å². The zero-order valence-electron chi connectivity index (χ0n) is 14.6. The van der Waals surface area contributed by atoms with Gasteiger partial charge < -0.3 is 5.73 Å². The standard InChI is InChI=1S/C18H38N2/c1-15(2)8-12-20(13-9-16(3)4)18(14-19)10-6-17(5)7-11-18/h15-17H,6-14,19H2,1-5H3. The van der Waals surface area contributed by atoms with E-state index in [1.807, 2.05) is 0 Å². The minimum atomic E-state index is 0.302. The Morgan fingerprint density at radius 1 is 1.00 bits per heavy atom. The maximum absolute atomic E-state index is 6.26. The second kappa shape index (κ2) is 8.38. The highest BCUT2D eigenvalue weighted by molar-refractivity contribution is 4.95. The number of nitrogens with zero attached hydrogens (tertiary/aromatic N) is 1. The van der Waals surface area contributed by atoms with Crippen molar-refractivity contribution in [2.24, 2.45) is 23.5 Å². The third-order valence-corrected chi connectivity index (χ3v) is 5.21. The molecule has 0 amide bonds. The lowest BCUT2D eigenvalue weighted by Gasteiger charge is -2.48. The molecule has 2 heteroatoms. The van der Waals surface area contributed by atoms with Gasteiger partial charge in [0.05, 0.1) is 0 Å². The molecule has 1 fully saturated rings. The van der Waals surface area contributed by atoms with Crippen LogP contribution in [0.4, 0.5) is 0 Å². The van der Waals surface area contributed by atoms with Gasteiger partial charge in [-0.05, 0) is 69.4 Å². The normalized spacial score (nSPS) is 27.8. The molecule has 0 unspecified atom stereocenters. The summed E-state index contributed by atoms with van der Waals surface area (Å²) in [6.45, 7) is 15.0. The van der Waals surface area contributed by atoms with Gasteiger partial charge in [0, 0.05) is 12.1 Å². The molecule has 1 aliphatic carbocycles. The molecule has 0 bridgehead atoms. The number of rotatable bonds is 8. The van der Waals surface area contributed by atoms with Gasteiger partial charge >= 0.3 is 0 Å². The third-order valence-electron chi connectivity index (χ3n) is 5.21. The molecule has 1 saturated carbocycles. The van der Waals surface area contributed by atoms with E-state index < -0.39 is 0 Å². The minimum Gasteiger partial charge on any atom is -0.329 e. The van der Waals surface area contributed by atoms with Crippen molar-refractivity contribution in [2.45, 2.75) is 78.7 Å². The Hall–Kier alpha value is -0.0800. The van der Waals surface area contributed by atoms with E-state index >= 15 is 0 Å². The van der Waals surface area contributed by atoms with Crippen molar-refractivity contribution in [3.05, 3.63) is 0 Å². The number of hydrogen-bond donors (Lipinski definition) is 1. The van der Waals surface area contributed by atoms with Gasteiger partial charge in [0.1, 0.15) is 0 Å². The van der Waals surface area contributed by atoms with Crippen molar-refractivity contribution in [3.8, 4) is 0 Å². The summed E-state index contributed by atoms with van der Waals surface area (Å²) in [4.78, 5) is 2.76. The molecule has 0 aromatic rings. The summed E-state index contributed by atoms with van der Waals surface area (Å²) in [5.41, 5.74) is 6.56. The van der Waals surface area contributed by atoms with E-state index in [1.165, 1.54) is 51.6 Å². The second-order valence-electron chi connectivity index (χ2n) is 7.96. The molecular formula is C18H38N2. The Labute approximate surface area is 127 Å². The number of nitrogens with two attached hydrogens (primary N) is 1. The Balaban J connectivity index is 2.70. The van der Waals surface area contributed by atoms with Gasteiger partial charge in [-0.3, -0.25) is 4.90 Å². The quantitative estimate of drug-likeness (QED) is 0.719. The zero-order chi connectivity index (χ0) is 15.2. The summed E-state index contributed by atoms with van der Waals surface area (Å²) in [5.74, 6) is 2.47. The van der Waals surface area contributed by atoms with Crippen molar-refractivity contribution < 1.29 is 0 Å². The van der Waals surface area contributed by atoms with Gasteiger partial charge in [-0.15, -0.1) is 0 Å². The first kappa shape index (κ1) is 18.0. The van der Waals surface area contributed by atoms with Crippen LogP contribution in [0.1, 0.15) is 73.1 Å². The second-order valence-corrected chi connectivity index (χ2v) is 7.96. The summed E-state index contributed by atoms with van der Waals surface area (Å²) < 4.78 is 0. The molecule has 0 aliphatic heterocycles. The molecule has 120 valence electrons. The molecule has 20 heavy (non-hydrogen) atoms. The summed E-state index contributed by atoms with van der Waals surface area (Å²) in [7, 11) is 0. The fourth-order valence-electron chi connectivity index (χ4n) is 3.36. The summed E-state index contributed by atoms with van der Waals surface area (Å²) >= 11 is 0. The van der Waals surface area contributed by atoms with E-state index in [0.717, 1.165) is 24.3 Å². The van der Waals surface area contributed by atoms with Gasteiger partial charge in [-0.2, -0.15) is 0 Å². The fourth-order valence-corrected chi connectivity index (χ4v) is 3.36. The molecular weight excluding hydrogens is 244 g/mol. The highest BCUT2D eigenvalue weighted by Crippen LogP contribution is 2.36. The van der Waals surface area contributed by atoms with Crippen molar-refractivity contribution in [2.75, 3.05) is 19.6 Å². The first-order valence-corrected chi connectivity index (χ1v) is 8.84. The topological polar surface area (TPSA) is 29.3 Å². The van der Waals surface area contributed by atoms with E-state index in [9.17, 15) is 0 Å².